The molecule has 42 heavy (non-hydrogen) atoms. The SMILES string of the molecule is CNCc1ccc(-c2cccc(-c3ccnc(-c4cc(CN5CC[C@H](C(=O)O)C5)cc(OC)c4)c3Cl)c2Cl)nc1OC. The highest BCUT2D eigenvalue weighted by Gasteiger charge is 2.28. The first kappa shape index (κ1) is 29.8. The smallest absolute Gasteiger partial charge is 0.307 e. The normalized spacial score (nSPS) is 15.1. The second kappa shape index (κ2) is 13.1. The van der Waals surface area contributed by atoms with Gasteiger partial charge in [0.05, 0.1) is 41.6 Å². The summed E-state index contributed by atoms with van der Waals surface area (Å²) in [5.41, 5.74) is 6.26. The molecular formula is C32H32Cl2N4O4. The van der Waals surface area contributed by atoms with Crippen molar-refractivity contribution < 1.29 is 19.4 Å². The van der Waals surface area contributed by atoms with Crippen LogP contribution >= 0.6 is 23.2 Å². The lowest BCUT2D eigenvalue weighted by molar-refractivity contribution is -0.141. The zero-order valence-corrected chi connectivity index (χ0v) is 25.2. The summed E-state index contributed by atoms with van der Waals surface area (Å²) in [6.45, 7) is 2.48. The molecule has 8 nitrogen and oxygen atoms in total. The molecule has 10 heteroatoms. The Kier molecular flexibility index (Phi) is 9.28. The first-order valence-corrected chi connectivity index (χ1v) is 14.3. The number of pyridine rings is 2. The van der Waals surface area contributed by atoms with Gasteiger partial charge in [0.15, 0.2) is 0 Å². The van der Waals surface area contributed by atoms with Crippen molar-refractivity contribution in [2.24, 2.45) is 5.92 Å². The van der Waals surface area contributed by atoms with Gasteiger partial charge in [-0.15, -0.1) is 0 Å². The van der Waals surface area contributed by atoms with Crippen LogP contribution in [0.1, 0.15) is 17.5 Å². The molecule has 0 spiro atoms. The van der Waals surface area contributed by atoms with Crippen LogP contribution in [-0.4, -0.2) is 60.3 Å². The van der Waals surface area contributed by atoms with Gasteiger partial charge in [0.2, 0.25) is 5.88 Å². The molecule has 0 saturated carbocycles. The van der Waals surface area contributed by atoms with Crippen LogP contribution < -0.4 is 14.8 Å². The molecule has 0 unspecified atom stereocenters. The first-order valence-electron chi connectivity index (χ1n) is 13.6. The van der Waals surface area contributed by atoms with Crippen LogP contribution in [0, 0.1) is 5.92 Å². The van der Waals surface area contributed by atoms with Gasteiger partial charge in [0, 0.05) is 53.6 Å². The molecule has 4 aromatic rings. The van der Waals surface area contributed by atoms with Crippen LogP contribution in [0.25, 0.3) is 33.6 Å². The maximum atomic E-state index is 11.4. The topological polar surface area (TPSA) is 96.8 Å². The van der Waals surface area contributed by atoms with Crippen molar-refractivity contribution in [2.75, 3.05) is 34.4 Å². The number of likely N-dealkylation sites (tertiary alicyclic amines) is 1. The molecule has 3 heterocycles. The highest BCUT2D eigenvalue weighted by molar-refractivity contribution is 6.39. The minimum absolute atomic E-state index is 0.342. The van der Waals surface area contributed by atoms with E-state index in [2.05, 4.69) is 15.2 Å². The number of methoxy groups -OCH3 is 2. The van der Waals surface area contributed by atoms with Crippen molar-refractivity contribution in [1.82, 2.24) is 20.2 Å². The number of carboxylic acids is 1. The lowest BCUT2D eigenvalue weighted by Crippen LogP contribution is -2.22. The summed E-state index contributed by atoms with van der Waals surface area (Å²) in [6, 6.07) is 17.4. The number of halogens is 2. The van der Waals surface area contributed by atoms with Crippen molar-refractivity contribution in [1.29, 1.82) is 0 Å². The second-order valence-corrected chi connectivity index (χ2v) is 11.0. The minimum atomic E-state index is -0.750. The number of aliphatic carboxylic acids is 1. The number of hydrogen-bond donors (Lipinski definition) is 2. The monoisotopic (exact) mass is 606 g/mol. The van der Waals surface area contributed by atoms with Gasteiger partial charge in [-0.25, -0.2) is 4.98 Å². The fraction of sp³-hybridized carbons (Fsp3) is 0.281. The van der Waals surface area contributed by atoms with Gasteiger partial charge in [-0.2, -0.15) is 0 Å². The van der Waals surface area contributed by atoms with E-state index in [1.807, 2.05) is 61.6 Å². The average Bonchev–Trinajstić information content (AvgIpc) is 3.47. The zero-order chi connectivity index (χ0) is 29.8. The summed E-state index contributed by atoms with van der Waals surface area (Å²) in [5.74, 6) is 0.112. The third-order valence-corrected chi connectivity index (χ3v) is 8.25. The first-order chi connectivity index (χ1) is 20.3. The number of nitrogens with one attached hydrogen (secondary N) is 1. The fourth-order valence-electron chi connectivity index (χ4n) is 5.35. The Bertz CT molecular complexity index is 1610. The summed E-state index contributed by atoms with van der Waals surface area (Å²) in [5, 5.41) is 13.5. The number of nitrogens with zero attached hydrogens (tertiary/aromatic N) is 3. The Morgan fingerprint density at radius 1 is 1.05 bits per heavy atom. The molecule has 218 valence electrons. The van der Waals surface area contributed by atoms with Crippen molar-refractivity contribution in [2.45, 2.75) is 19.5 Å². The highest BCUT2D eigenvalue weighted by atomic mass is 35.5. The van der Waals surface area contributed by atoms with Crippen LogP contribution in [0.15, 0.2) is 60.8 Å². The van der Waals surface area contributed by atoms with Crippen molar-refractivity contribution >= 4 is 29.2 Å². The van der Waals surface area contributed by atoms with Crippen LogP contribution in [0.4, 0.5) is 0 Å². The number of benzene rings is 2. The molecule has 0 radical (unpaired) electrons. The number of carboxylic acid groups (broad SMARTS) is 1. The third-order valence-electron chi connectivity index (χ3n) is 7.46. The summed E-state index contributed by atoms with van der Waals surface area (Å²) in [4.78, 5) is 22.9. The van der Waals surface area contributed by atoms with Crippen molar-refractivity contribution in [3.05, 3.63) is 82.0 Å². The molecule has 0 amide bonds. The molecule has 0 bridgehead atoms. The standard InChI is InChI=1S/C32H32Cl2N4O4/c1-35-16-20-7-8-27(37-31(20)42-3)26-6-4-5-24(28(26)33)25-9-11-36-30(29(25)34)22-13-19(14-23(15-22)41-2)17-38-12-10-21(18-38)32(39)40/h4-9,11,13-15,21,35H,10,12,16-18H2,1-3H3,(H,39,40)/t21-/m0/s1. The molecule has 1 aliphatic heterocycles. The molecule has 2 N–H and O–H groups in total. The Balaban J connectivity index is 1.50. The molecule has 0 aliphatic carbocycles. The largest absolute Gasteiger partial charge is 0.497 e. The van der Waals surface area contributed by atoms with Gasteiger partial charge in [-0.05, 0) is 55.9 Å². The second-order valence-electron chi connectivity index (χ2n) is 10.2. The maximum absolute atomic E-state index is 11.4. The highest BCUT2D eigenvalue weighted by Crippen LogP contribution is 2.42. The van der Waals surface area contributed by atoms with E-state index in [9.17, 15) is 9.90 Å². The van der Waals surface area contributed by atoms with E-state index in [4.69, 9.17) is 37.7 Å². The van der Waals surface area contributed by atoms with E-state index >= 15 is 0 Å². The van der Waals surface area contributed by atoms with E-state index in [1.165, 1.54) is 0 Å². The molecule has 1 atom stereocenters. The predicted molar refractivity (Wildman–Crippen MR) is 165 cm³/mol. The molecule has 1 saturated heterocycles. The molecule has 2 aromatic carbocycles. The number of aromatic nitrogens is 2. The average molecular weight is 608 g/mol. The Labute approximate surface area is 255 Å². The van der Waals surface area contributed by atoms with Gasteiger partial charge in [0.1, 0.15) is 5.75 Å². The van der Waals surface area contributed by atoms with Gasteiger partial charge < -0.3 is 19.9 Å². The lowest BCUT2D eigenvalue weighted by Gasteiger charge is -2.18. The van der Waals surface area contributed by atoms with Gasteiger partial charge in [0.25, 0.3) is 0 Å². The van der Waals surface area contributed by atoms with Crippen LogP contribution in [0.2, 0.25) is 10.0 Å². The van der Waals surface area contributed by atoms with E-state index in [0.29, 0.717) is 59.1 Å². The summed E-state index contributed by atoms with van der Waals surface area (Å²) < 4.78 is 11.1. The van der Waals surface area contributed by atoms with Crippen LogP contribution in [0.3, 0.4) is 0 Å². The van der Waals surface area contributed by atoms with E-state index in [-0.39, 0.29) is 5.92 Å². The number of ether oxygens (including phenoxy) is 2. The number of carbonyl (C=O) groups is 1. The molecular weight excluding hydrogens is 575 g/mol. The predicted octanol–water partition coefficient (Wildman–Crippen LogP) is 6.43. The van der Waals surface area contributed by atoms with Crippen molar-refractivity contribution in [3.8, 4) is 45.3 Å². The number of rotatable bonds is 10. The Morgan fingerprint density at radius 3 is 2.55 bits per heavy atom. The Morgan fingerprint density at radius 2 is 1.83 bits per heavy atom. The number of hydrogen-bond acceptors (Lipinski definition) is 7. The lowest BCUT2D eigenvalue weighted by atomic mass is 9.99. The Hall–Kier alpha value is -3.69. The maximum Gasteiger partial charge on any atom is 0.307 e. The molecule has 1 aliphatic rings. The fourth-order valence-corrected chi connectivity index (χ4v) is 6.00. The molecule has 1 fully saturated rings. The van der Waals surface area contributed by atoms with E-state index in [1.54, 1.807) is 20.4 Å². The minimum Gasteiger partial charge on any atom is -0.497 e. The van der Waals surface area contributed by atoms with Crippen LogP contribution in [0.5, 0.6) is 11.6 Å². The third kappa shape index (κ3) is 6.22. The van der Waals surface area contributed by atoms with E-state index in [0.717, 1.165) is 39.9 Å². The van der Waals surface area contributed by atoms with Gasteiger partial charge in [-0.1, -0.05) is 47.5 Å². The van der Waals surface area contributed by atoms with Crippen LogP contribution in [-0.2, 0) is 17.9 Å². The quantitative estimate of drug-likeness (QED) is 0.213. The molecule has 5 rings (SSSR count). The summed E-state index contributed by atoms with van der Waals surface area (Å²) in [7, 11) is 5.09. The molecule has 2 aromatic heterocycles. The summed E-state index contributed by atoms with van der Waals surface area (Å²) in [6.07, 6.45) is 2.36. The van der Waals surface area contributed by atoms with Gasteiger partial charge >= 0.3 is 5.97 Å². The van der Waals surface area contributed by atoms with Crippen molar-refractivity contribution in [3.63, 3.8) is 0 Å². The summed E-state index contributed by atoms with van der Waals surface area (Å²) >= 11 is 14.1. The van der Waals surface area contributed by atoms with Gasteiger partial charge in [-0.3, -0.25) is 14.7 Å². The zero-order valence-electron chi connectivity index (χ0n) is 23.7. The van der Waals surface area contributed by atoms with E-state index < -0.39 is 5.97 Å².